The lowest BCUT2D eigenvalue weighted by Gasteiger charge is -2.34. The maximum atomic E-state index is 5.52. The number of ether oxygens (including phenoxy) is 1. The van der Waals surface area contributed by atoms with Gasteiger partial charge in [-0.05, 0) is 31.2 Å². The molecule has 1 aliphatic rings. The summed E-state index contributed by atoms with van der Waals surface area (Å²) >= 11 is 1.87. The van der Waals surface area contributed by atoms with Crippen LogP contribution in [-0.4, -0.2) is 57.3 Å². The van der Waals surface area contributed by atoms with Crippen LogP contribution in [0.2, 0.25) is 0 Å². The van der Waals surface area contributed by atoms with Crippen molar-refractivity contribution in [3.8, 4) is 0 Å². The van der Waals surface area contributed by atoms with Gasteiger partial charge in [-0.3, -0.25) is 9.89 Å². The summed E-state index contributed by atoms with van der Waals surface area (Å²) in [6.07, 6.45) is 2.54. The molecule has 2 N–H and O–H groups in total. The fraction of sp³-hybridized carbons (Fsp3) is 0.526. The van der Waals surface area contributed by atoms with Crippen molar-refractivity contribution in [1.82, 2.24) is 15.5 Å². The van der Waals surface area contributed by atoms with Gasteiger partial charge in [0.15, 0.2) is 5.96 Å². The van der Waals surface area contributed by atoms with Crippen LogP contribution in [0.5, 0.6) is 0 Å². The molecule has 6 nitrogen and oxygen atoms in total. The maximum Gasteiger partial charge on any atom is 0.191 e. The molecule has 1 atom stereocenters. The van der Waals surface area contributed by atoms with E-state index in [4.69, 9.17) is 9.15 Å². The van der Waals surface area contributed by atoms with Gasteiger partial charge < -0.3 is 19.8 Å². The highest BCUT2D eigenvalue weighted by Crippen LogP contribution is 2.27. The summed E-state index contributed by atoms with van der Waals surface area (Å²) in [6, 6.07) is 8.68. The fourth-order valence-electron chi connectivity index (χ4n) is 3.10. The molecule has 0 spiro atoms. The first-order valence-corrected chi connectivity index (χ1v) is 9.93. The fourth-order valence-corrected chi connectivity index (χ4v) is 4.12. The maximum absolute atomic E-state index is 5.52. The van der Waals surface area contributed by atoms with E-state index in [0.29, 0.717) is 6.04 Å². The molecule has 2 aromatic rings. The van der Waals surface area contributed by atoms with Gasteiger partial charge in [0.05, 0.1) is 25.5 Å². The number of morpholine rings is 1. The van der Waals surface area contributed by atoms with Crippen molar-refractivity contribution in [1.29, 1.82) is 0 Å². The highest BCUT2D eigenvalue weighted by atomic mass is 32.1. The third-order valence-electron chi connectivity index (χ3n) is 4.51. The van der Waals surface area contributed by atoms with Crippen LogP contribution in [0.1, 0.15) is 21.6 Å². The zero-order valence-corrected chi connectivity index (χ0v) is 16.3. The normalized spacial score (nSPS) is 17.2. The van der Waals surface area contributed by atoms with Gasteiger partial charge in [-0.25, -0.2) is 0 Å². The lowest BCUT2D eigenvalue weighted by atomic mass is 10.2. The number of rotatable bonds is 7. The minimum Gasteiger partial charge on any atom is -0.469 e. The Morgan fingerprint density at radius 2 is 2.12 bits per heavy atom. The third kappa shape index (κ3) is 5.33. The van der Waals surface area contributed by atoms with E-state index in [-0.39, 0.29) is 0 Å². The minimum absolute atomic E-state index is 0.334. The molecule has 2 aromatic heterocycles. The quantitative estimate of drug-likeness (QED) is 0.574. The molecule has 0 radical (unpaired) electrons. The molecule has 0 amide bonds. The molecule has 0 aliphatic carbocycles. The molecule has 0 bridgehead atoms. The Labute approximate surface area is 159 Å². The number of furan rings is 1. The van der Waals surface area contributed by atoms with Gasteiger partial charge in [-0.1, -0.05) is 0 Å². The van der Waals surface area contributed by atoms with Crippen molar-refractivity contribution in [2.75, 3.05) is 46.4 Å². The molecule has 3 rings (SSSR count). The van der Waals surface area contributed by atoms with Gasteiger partial charge in [0.2, 0.25) is 0 Å². The van der Waals surface area contributed by atoms with E-state index in [9.17, 15) is 0 Å². The Kier molecular flexibility index (Phi) is 7.11. The van der Waals surface area contributed by atoms with E-state index in [1.54, 1.807) is 13.3 Å². The van der Waals surface area contributed by atoms with Crippen molar-refractivity contribution < 1.29 is 9.15 Å². The van der Waals surface area contributed by atoms with E-state index in [0.717, 1.165) is 57.5 Å². The smallest absolute Gasteiger partial charge is 0.191 e. The molecule has 1 fully saturated rings. The summed E-state index contributed by atoms with van der Waals surface area (Å²) in [5.41, 5.74) is 0. The summed E-state index contributed by atoms with van der Waals surface area (Å²) in [5, 5.41) is 6.85. The van der Waals surface area contributed by atoms with Crippen molar-refractivity contribution in [2.45, 2.75) is 19.4 Å². The number of guanidine groups is 1. The zero-order valence-electron chi connectivity index (χ0n) is 15.5. The Balaban J connectivity index is 1.55. The lowest BCUT2D eigenvalue weighted by molar-refractivity contribution is 0.0177. The van der Waals surface area contributed by atoms with E-state index in [2.05, 4.69) is 39.6 Å². The molecule has 0 saturated carbocycles. The zero-order chi connectivity index (χ0) is 18.2. The first-order valence-electron chi connectivity index (χ1n) is 9.11. The second-order valence-corrected chi connectivity index (χ2v) is 7.64. The summed E-state index contributed by atoms with van der Waals surface area (Å²) in [4.78, 5) is 9.58. The van der Waals surface area contributed by atoms with Gasteiger partial charge in [0, 0.05) is 49.4 Å². The topological polar surface area (TPSA) is 62.0 Å². The number of aliphatic imine (C=N–C) groups is 1. The molecule has 26 heavy (non-hydrogen) atoms. The van der Waals surface area contributed by atoms with Crippen LogP contribution in [0.3, 0.4) is 0 Å². The summed E-state index contributed by atoms with van der Waals surface area (Å²) in [6.45, 7) is 7.30. The average molecular weight is 377 g/mol. The molecule has 1 aliphatic heterocycles. The molecule has 1 unspecified atom stereocenters. The second kappa shape index (κ2) is 9.75. The van der Waals surface area contributed by atoms with Crippen LogP contribution >= 0.6 is 11.3 Å². The Hall–Kier alpha value is -1.83. The minimum atomic E-state index is 0.334. The van der Waals surface area contributed by atoms with E-state index >= 15 is 0 Å². The SMILES string of the molecule is CN=C(NCCc1ccco1)NCC(c1ccc(C)s1)N1CCOCC1. The van der Waals surface area contributed by atoms with E-state index < -0.39 is 0 Å². The number of aryl methyl sites for hydroxylation is 1. The largest absolute Gasteiger partial charge is 0.469 e. The summed E-state index contributed by atoms with van der Waals surface area (Å²) < 4.78 is 10.9. The molecular formula is C19H28N4O2S. The van der Waals surface area contributed by atoms with Crippen molar-refractivity contribution in [2.24, 2.45) is 4.99 Å². The highest BCUT2D eigenvalue weighted by molar-refractivity contribution is 7.12. The standard InChI is InChI=1S/C19H28N4O2S/c1-15-5-6-18(26-15)17(23-9-12-24-13-10-23)14-22-19(20-2)21-8-7-16-4-3-11-25-16/h3-6,11,17H,7-10,12-14H2,1-2H3,(H2,20,21,22). The second-order valence-electron chi connectivity index (χ2n) is 6.32. The predicted octanol–water partition coefficient (Wildman–Crippen LogP) is 2.43. The lowest BCUT2D eigenvalue weighted by Crippen LogP contribution is -2.46. The Morgan fingerprint density at radius 3 is 2.77 bits per heavy atom. The Morgan fingerprint density at radius 1 is 1.27 bits per heavy atom. The van der Waals surface area contributed by atoms with Crippen LogP contribution in [0.4, 0.5) is 0 Å². The highest BCUT2D eigenvalue weighted by Gasteiger charge is 2.24. The number of nitrogens with one attached hydrogen (secondary N) is 2. The molecule has 7 heteroatoms. The van der Waals surface area contributed by atoms with Crippen LogP contribution in [0, 0.1) is 6.92 Å². The monoisotopic (exact) mass is 376 g/mol. The van der Waals surface area contributed by atoms with Crippen molar-refractivity contribution in [3.63, 3.8) is 0 Å². The molecular weight excluding hydrogens is 348 g/mol. The summed E-state index contributed by atoms with van der Waals surface area (Å²) in [7, 11) is 1.81. The van der Waals surface area contributed by atoms with Gasteiger partial charge in [0.1, 0.15) is 5.76 Å². The predicted molar refractivity (Wildman–Crippen MR) is 106 cm³/mol. The number of nitrogens with zero attached hydrogens (tertiary/aromatic N) is 2. The Bertz CT molecular complexity index is 678. The van der Waals surface area contributed by atoms with E-state index in [1.807, 2.05) is 23.5 Å². The van der Waals surface area contributed by atoms with Gasteiger partial charge in [-0.2, -0.15) is 0 Å². The molecule has 3 heterocycles. The molecule has 142 valence electrons. The van der Waals surface area contributed by atoms with E-state index in [1.165, 1.54) is 9.75 Å². The number of hydrogen-bond donors (Lipinski definition) is 2. The van der Waals surface area contributed by atoms with Crippen LogP contribution in [0.15, 0.2) is 39.9 Å². The first kappa shape index (κ1) is 18.9. The van der Waals surface area contributed by atoms with Crippen LogP contribution in [-0.2, 0) is 11.2 Å². The van der Waals surface area contributed by atoms with Gasteiger partial charge in [-0.15, -0.1) is 11.3 Å². The van der Waals surface area contributed by atoms with Crippen molar-refractivity contribution in [3.05, 3.63) is 46.0 Å². The van der Waals surface area contributed by atoms with Gasteiger partial charge in [0.25, 0.3) is 0 Å². The number of thiophene rings is 1. The van der Waals surface area contributed by atoms with Gasteiger partial charge >= 0.3 is 0 Å². The van der Waals surface area contributed by atoms with Crippen LogP contribution in [0.25, 0.3) is 0 Å². The summed E-state index contributed by atoms with van der Waals surface area (Å²) in [5.74, 6) is 1.80. The molecule has 1 saturated heterocycles. The number of hydrogen-bond acceptors (Lipinski definition) is 5. The third-order valence-corrected chi connectivity index (χ3v) is 5.61. The van der Waals surface area contributed by atoms with Crippen LogP contribution < -0.4 is 10.6 Å². The molecule has 0 aromatic carbocycles. The first-order chi connectivity index (χ1) is 12.8. The van der Waals surface area contributed by atoms with Crippen molar-refractivity contribution >= 4 is 17.3 Å². The average Bonchev–Trinajstić information content (AvgIpc) is 3.33.